The number of thiazole rings is 1. The predicted octanol–water partition coefficient (Wildman–Crippen LogP) is 4.51. The number of aromatic amines is 1. The Morgan fingerprint density at radius 1 is 1.10 bits per heavy atom. The fraction of sp³-hybridized carbons (Fsp3) is 0.545. The standard InChI is InChI=1S/C22H26N4O2S2/c1-22(2)11-5-8-14-18(22)26-21(30-14)25-16(27)10-9-15-23-19(28)17-12-6-3-4-7-13(12)29-20(17)24-15/h3-11H2,1-2H3,(H,23,24,28)(H,25,26,27). The first-order valence-electron chi connectivity index (χ1n) is 10.7. The molecule has 3 aromatic heterocycles. The highest BCUT2D eigenvalue weighted by Gasteiger charge is 2.31. The van der Waals surface area contributed by atoms with Crippen LogP contribution in [0.1, 0.15) is 72.8 Å². The molecule has 2 aliphatic rings. The lowest BCUT2D eigenvalue weighted by Crippen LogP contribution is -2.23. The molecule has 3 aromatic rings. The number of aryl methyl sites for hydroxylation is 4. The first-order chi connectivity index (χ1) is 14.4. The molecule has 2 aliphatic carbocycles. The Balaban J connectivity index is 1.28. The Morgan fingerprint density at radius 3 is 2.73 bits per heavy atom. The van der Waals surface area contributed by atoms with Crippen LogP contribution in [0.2, 0.25) is 0 Å². The molecule has 2 N–H and O–H groups in total. The van der Waals surface area contributed by atoms with Gasteiger partial charge in [-0.25, -0.2) is 9.97 Å². The Bertz CT molecular complexity index is 1190. The number of thiophene rings is 1. The van der Waals surface area contributed by atoms with Gasteiger partial charge in [0.15, 0.2) is 5.13 Å². The SMILES string of the molecule is CC1(C)CCCc2sc(NC(=O)CCc3nc4sc5c(c4c(=O)[nH]3)CCCC5)nc21. The molecule has 0 unspecified atom stereocenters. The summed E-state index contributed by atoms with van der Waals surface area (Å²) in [6.45, 7) is 4.44. The summed E-state index contributed by atoms with van der Waals surface area (Å²) >= 11 is 3.23. The van der Waals surface area contributed by atoms with Crippen LogP contribution in [0.25, 0.3) is 10.2 Å². The monoisotopic (exact) mass is 442 g/mol. The van der Waals surface area contributed by atoms with E-state index in [-0.39, 0.29) is 23.3 Å². The lowest BCUT2D eigenvalue weighted by atomic mass is 9.79. The van der Waals surface area contributed by atoms with E-state index in [9.17, 15) is 9.59 Å². The highest BCUT2D eigenvalue weighted by molar-refractivity contribution is 7.18. The van der Waals surface area contributed by atoms with E-state index in [1.807, 2.05) is 0 Å². The first kappa shape index (κ1) is 19.9. The number of amides is 1. The number of aromatic nitrogens is 3. The van der Waals surface area contributed by atoms with Crippen LogP contribution >= 0.6 is 22.7 Å². The molecule has 30 heavy (non-hydrogen) atoms. The maximum Gasteiger partial charge on any atom is 0.259 e. The van der Waals surface area contributed by atoms with Crippen LogP contribution in [0, 0.1) is 0 Å². The third-order valence-electron chi connectivity index (χ3n) is 6.25. The van der Waals surface area contributed by atoms with Gasteiger partial charge in [-0.2, -0.15) is 0 Å². The van der Waals surface area contributed by atoms with Crippen molar-refractivity contribution >= 4 is 43.9 Å². The number of rotatable bonds is 4. The summed E-state index contributed by atoms with van der Waals surface area (Å²) in [7, 11) is 0. The number of carbonyl (C=O) groups excluding carboxylic acids is 1. The zero-order valence-electron chi connectivity index (χ0n) is 17.4. The molecule has 5 rings (SSSR count). The number of hydrogen-bond donors (Lipinski definition) is 2. The minimum atomic E-state index is -0.0906. The van der Waals surface area contributed by atoms with E-state index in [2.05, 4.69) is 29.1 Å². The molecule has 158 valence electrons. The second kappa shape index (κ2) is 7.57. The fourth-order valence-corrected chi connectivity index (χ4v) is 7.13. The van der Waals surface area contributed by atoms with Crippen LogP contribution in [-0.2, 0) is 35.9 Å². The average molecular weight is 443 g/mol. The molecule has 8 heteroatoms. The van der Waals surface area contributed by atoms with Gasteiger partial charge in [-0.1, -0.05) is 13.8 Å². The molecule has 0 spiro atoms. The van der Waals surface area contributed by atoms with Crippen molar-refractivity contribution in [3.8, 4) is 0 Å². The number of H-pyrrole nitrogens is 1. The summed E-state index contributed by atoms with van der Waals surface area (Å²) < 4.78 is 0. The summed E-state index contributed by atoms with van der Waals surface area (Å²) in [5, 5.41) is 4.40. The number of fused-ring (bicyclic) bond motifs is 4. The average Bonchev–Trinajstić information content (AvgIpc) is 3.28. The van der Waals surface area contributed by atoms with Gasteiger partial charge in [-0.15, -0.1) is 22.7 Å². The summed E-state index contributed by atoms with van der Waals surface area (Å²) in [6, 6.07) is 0. The maximum absolute atomic E-state index is 12.6. The molecule has 0 aliphatic heterocycles. The Morgan fingerprint density at radius 2 is 1.90 bits per heavy atom. The normalized spacial score (nSPS) is 17.5. The quantitative estimate of drug-likeness (QED) is 0.622. The van der Waals surface area contributed by atoms with Gasteiger partial charge >= 0.3 is 0 Å². The number of anilines is 1. The largest absolute Gasteiger partial charge is 0.310 e. The van der Waals surface area contributed by atoms with Crippen molar-refractivity contribution in [2.45, 2.75) is 77.0 Å². The molecule has 3 heterocycles. The highest BCUT2D eigenvalue weighted by Crippen LogP contribution is 2.40. The molecule has 0 atom stereocenters. The molecular weight excluding hydrogens is 416 g/mol. The van der Waals surface area contributed by atoms with Crippen molar-refractivity contribution in [3.05, 3.63) is 37.2 Å². The molecule has 0 fully saturated rings. The zero-order valence-corrected chi connectivity index (χ0v) is 19.0. The second-order valence-electron chi connectivity index (χ2n) is 8.98. The number of hydrogen-bond acceptors (Lipinski definition) is 6. The van der Waals surface area contributed by atoms with Gasteiger partial charge in [0.05, 0.1) is 11.1 Å². The predicted molar refractivity (Wildman–Crippen MR) is 122 cm³/mol. The molecule has 0 bridgehead atoms. The Hall–Kier alpha value is -2.06. The van der Waals surface area contributed by atoms with Crippen LogP contribution in [0.5, 0.6) is 0 Å². The summed E-state index contributed by atoms with van der Waals surface area (Å²) in [6.07, 6.45) is 8.36. The topological polar surface area (TPSA) is 87.7 Å². The molecule has 1 amide bonds. The van der Waals surface area contributed by atoms with E-state index in [4.69, 9.17) is 4.98 Å². The number of carbonyl (C=O) groups is 1. The smallest absolute Gasteiger partial charge is 0.259 e. The van der Waals surface area contributed by atoms with Gasteiger partial charge in [0.2, 0.25) is 5.91 Å². The second-order valence-corrected chi connectivity index (χ2v) is 11.1. The number of nitrogens with one attached hydrogen (secondary N) is 2. The van der Waals surface area contributed by atoms with Crippen LogP contribution in [0.15, 0.2) is 4.79 Å². The van der Waals surface area contributed by atoms with E-state index in [1.165, 1.54) is 28.2 Å². The van der Waals surface area contributed by atoms with Gasteiger partial charge in [0, 0.05) is 28.0 Å². The van der Waals surface area contributed by atoms with Crippen molar-refractivity contribution in [1.29, 1.82) is 0 Å². The first-order valence-corrected chi connectivity index (χ1v) is 12.4. The lowest BCUT2D eigenvalue weighted by Gasteiger charge is -2.27. The Kier molecular flexibility index (Phi) is 5.01. The van der Waals surface area contributed by atoms with E-state index in [0.29, 0.717) is 17.4 Å². The number of nitrogens with zero attached hydrogens (tertiary/aromatic N) is 2. The molecular formula is C22H26N4O2S2. The van der Waals surface area contributed by atoms with E-state index < -0.39 is 0 Å². The van der Waals surface area contributed by atoms with Crippen molar-refractivity contribution in [2.75, 3.05) is 5.32 Å². The van der Waals surface area contributed by atoms with Gasteiger partial charge in [-0.3, -0.25) is 9.59 Å². The third kappa shape index (κ3) is 3.60. The fourth-order valence-electron chi connectivity index (χ4n) is 4.65. The highest BCUT2D eigenvalue weighted by atomic mass is 32.1. The third-order valence-corrected chi connectivity index (χ3v) is 8.47. The minimum absolute atomic E-state index is 0.0651. The van der Waals surface area contributed by atoms with Crippen LogP contribution in [0.3, 0.4) is 0 Å². The lowest BCUT2D eigenvalue weighted by molar-refractivity contribution is -0.116. The van der Waals surface area contributed by atoms with Crippen LogP contribution in [-0.4, -0.2) is 20.9 Å². The summed E-state index contributed by atoms with van der Waals surface area (Å²) in [5.41, 5.74) is 2.33. The van der Waals surface area contributed by atoms with Gasteiger partial charge in [0.25, 0.3) is 5.56 Å². The van der Waals surface area contributed by atoms with Crippen molar-refractivity contribution < 1.29 is 4.79 Å². The Labute approximate surface area is 183 Å². The van der Waals surface area contributed by atoms with Crippen molar-refractivity contribution in [2.24, 2.45) is 0 Å². The minimum Gasteiger partial charge on any atom is -0.310 e. The van der Waals surface area contributed by atoms with E-state index in [1.54, 1.807) is 22.7 Å². The molecule has 0 saturated carbocycles. The van der Waals surface area contributed by atoms with E-state index in [0.717, 1.165) is 48.0 Å². The summed E-state index contributed by atoms with van der Waals surface area (Å²) in [5.74, 6) is 0.493. The maximum atomic E-state index is 12.6. The van der Waals surface area contributed by atoms with Crippen LogP contribution in [0.4, 0.5) is 5.13 Å². The summed E-state index contributed by atoms with van der Waals surface area (Å²) in [4.78, 5) is 40.8. The zero-order chi connectivity index (χ0) is 20.9. The van der Waals surface area contributed by atoms with Gasteiger partial charge < -0.3 is 10.3 Å². The van der Waals surface area contributed by atoms with Gasteiger partial charge in [0.1, 0.15) is 10.7 Å². The van der Waals surface area contributed by atoms with E-state index >= 15 is 0 Å². The van der Waals surface area contributed by atoms with Gasteiger partial charge in [-0.05, 0) is 50.5 Å². The molecule has 0 radical (unpaired) electrons. The molecule has 0 aromatic carbocycles. The molecule has 6 nitrogen and oxygen atoms in total. The van der Waals surface area contributed by atoms with Crippen molar-refractivity contribution in [1.82, 2.24) is 15.0 Å². The molecule has 0 saturated heterocycles. The van der Waals surface area contributed by atoms with Crippen LogP contribution < -0.4 is 10.9 Å². The van der Waals surface area contributed by atoms with Crippen molar-refractivity contribution in [3.63, 3.8) is 0 Å².